The summed E-state index contributed by atoms with van der Waals surface area (Å²) in [6.45, 7) is 4.60. The molecular formula is C19H30IN7O2. The van der Waals surface area contributed by atoms with Crippen molar-refractivity contribution in [2.75, 3.05) is 20.8 Å². The summed E-state index contributed by atoms with van der Waals surface area (Å²) in [6.07, 6.45) is 4.66. The second-order valence-corrected chi connectivity index (χ2v) is 6.72. The molecule has 160 valence electrons. The molecule has 0 radical (unpaired) electrons. The minimum absolute atomic E-state index is 0. The Morgan fingerprint density at radius 2 is 2.24 bits per heavy atom. The number of aliphatic imine (C=N–C) groups is 1. The maximum atomic E-state index is 5.51. The molecule has 2 aromatic rings. The summed E-state index contributed by atoms with van der Waals surface area (Å²) in [5.41, 5.74) is 1.07. The minimum atomic E-state index is 0. The van der Waals surface area contributed by atoms with E-state index >= 15 is 0 Å². The first kappa shape index (κ1) is 23.3. The second kappa shape index (κ2) is 11.9. The highest BCUT2D eigenvalue weighted by molar-refractivity contribution is 14.0. The van der Waals surface area contributed by atoms with Crippen LogP contribution in [0.3, 0.4) is 0 Å². The molecule has 2 N–H and O–H groups in total. The number of nitrogens with zero attached hydrogens (tertiary/aromatic N) is 5. The van der Waals surface area contributed by atoms with Crippen LogP contribution in [0.5, 0.6) is 5.88 Å². The number of guanidine groups is 1. The average Bonchev–Trinajstić information content (AvgIpc) is 3.12. The molecule has 0 aromatic carbocycles. The Kier molecular flexibility index (Phi) is 9.58. The Bertz CT molecular complexity index is 779. The number of methoxy groups -OCH3 is 1. The lowest BCUT2D eigenvalue weighted by Crippen LogP contribution is -2.46. The molecule has 1 unspecified atom stereocenters. The molecule has 0 fully saturated rings. The van der Waals surface area contributed by atoms with Gasteiger partial charge >= 0.3 is 0 Å². The smallest absolute Gasteiger partial charge is 0.213 e. The lowest BCUT2D eigenvalue weighted by molar-refractivity contribution is 0.177. The fourth-order valence-corrected chi connectivity index (χ4v) is 3.05. The van der Waals surface area contributed by atoms with Crippen molar-refractivity contribution in [2.24, 2.45) is 4.99 Å². The number of aryl methyl sites for hydroxylation is 1. The number of ether oxygens (including phenoxy) is 2. The number of rotatable bonds is 8. The van der Waals surface area contributed by atoms with Crippen molar-refractivity contribution in [2.45, 2.75) is 51.9 Å². The van der Waals surface area contributed by atoms with Gasteiger partial charge in [0.2, 0.25) is 5.88 Å². The monoisotopic (exact) mass is 515 g/mol. The first-order valence-corrected chi connectivity index (χ1v) is 9.68. The molecule has 29 heavy (non-hydrogen) atoms. The van der Waals surface area contributed by atoms with Crippen molar-refractivity contribution in [3.63, 3.8) is 0 Å². The van der Waals surface area contributed by atoms with E-state index in [2.05, 4.69) is 37.6 Å². The standard InChI is InChI=1S/C19H29N7O2.HI/c1-4-9-28-18-8-5-14(10-21-18)11-22-19(20-2)23-15-6-7-17-24-16(13-27-3)25-26(17)12-15;/h5,8,10,15H,4,6-7,9,11-13H2,1-3H3,(H2,20,22,23);1H. The van der Waals surface area contributed by atoms with Crippen molar-refractivity contribution < 1.29 is 9.47 Å². The summed E-state index contributed by atoms with van der Waals surface area (Å²) < 4.78 is 12.6. The average molecular weight is 515 g/mol. The van der Waals surface area contributed by atoms with E-state index in [0.717, 1.165) is 49.0 Å². The van der Waals surface area contributed by atoms with E-state index in [1.807, 2.05) is 23.0 Å². The number of hydrogen-bond acceptors (Lipinski definition) is 6. The van der Waals surface area contributed by atoms with E-state index in [0.29, 0.717) is 25.6 Å². The second-order valence-electron chi connectivity index (χ2n) is 6.72. The number of fused-ring (bicyclic) bond motifs is 1. The Labute approximate surface area is 188 Å². The molecule has 1 atom stereocenters. The van der Waals surface area contributed by atoms with Crippen LogP contribution < -0.4 is 15.4 Å². The Morgan fingerprint density at radius 1 is 1.38 bits per heavy atom. The van der Waals surface area contributed by atoms with E-state index in [9.17, 15) is 0 Å². The summed E-state index contributed by atoms with van der Waals surface area (Å²) in [4.78, 5) is 13.2. The Hall–Kier alpha value is -1.95. The van der Waals surface area contributed by atoms with E-state index in [1.54, 1.807) is 14.2 Å². The van der Waals surface area contributed by atoms with Gasteiger partial charge in [-0.1, -0.05) is 13.0 Å². The zero-order valence-electron chi connectivity index (χ0n) is 17.2. The van der Waals surface area contributed by atoms with Gasteiger partial charge in [0.25, 0.3) is 0 Å². The van der Waals surface area contributed by atoms with Crippen LogP contribution in [0.2, 0.25) is 0 Å². The van der Waals surface area contributed by atoms with Crippen LogP contribution in [0.1, 0.15) is 37.0 Å². The molecule has 0 amide bonds. The molecule has 0 bridgehead atoms. The molecule has 9 nitrogen and oxygen atoms in total. The van der Waals surface area contributed by atoms with Gasteiger partial charge in [-0.15, -0.1) is 24.0 Å². The van der Waals surface area contributed by atoms with Crippen LogP contribution in [0, 0.1) is 0 Å². The fourth-order valence-electron chi connectivity index (χ4n) is 3.05. The maximum Gasteiger partial charge on any atom is 0.213 e. The summed E-state index contributed by atoms with van der Waals surface area (Å²) >= 11 is 0. The summed E-state index contributed by atoms with van der Waals surface area (Å²) in [7, 11) is 3.43. The van der Waals surface area contributed by atoms with E-state index in [1.165, 1.54) is 0 Å². The normalized spacial score (nSPS) is 16.0. The van der Waals surface area contributed by atoms with Crippen molar-refractivity contribution in [3.05, 3.63) is 35.5 Å². The Balaban J connectivity index is 0.00000300. The van der Waals surface area contributed by atoms with E-state index in [-0.39, 0.29) is 30.0 Å². The van der Waals surface area contributed by atoms with Crippen molar-refractivity contribution in [1.82, 2.24) is 30.4 Å². The van der Waals surface area contributed by atoms with Gasteiger partial charge in [-0.3, -0.25) is 4.99 Å². The van der Waals surface area contributed by atoms with Crippen LogP contribution in [-0.2, 0) is 30.9 Å². The third-order valence-corrected chi connectivity index (χ3v) is 4.45. The molecule has 0 saturated heterocycles. The molecule has 0 spiro atoms. The van der Waals surface area contributed by atoms with Gasteiger partial charge in [-0.2, -0.15) is 5.10 Å². The summed E-state index contributed by atoms with van der Waals surface area (Å²) in [6, 6.07) is 4.16. The highest BCUT2D eigenvalue weighted by Gasteiger charge is 2.22. The molecular weight excluding hydrogens is 485 g/mol. The van der Waals surface area contributed by atoms with E-state index < -0.39 is 0 Å². The van der Waals surface area contributed by atoms with Gasteiger partial charge in [0.15, 0.2) is 11.8 Å². The largest absolute Gasteiger partial charge is 0.478 e. The Morgan fingerprint density at radius 3 is 2.93 bits per heavy atom. The minimum Gasteiger partial charge on any atom is -0.478 e. The lowest BCUT2D eigenvalue weighted by atomic mass is 10.1. The predicted molar refractivity (Wildman–Crippen MR) is 122 cm³/mol. The molecule has 10 heteroatoms. The van der Waals surface area contributed by atoms with Gasteiger partial charge in [0, 0.05) is 45.4 Å². The number of nitrogens with one attached hydrogen (secondary N) is 2. The van der Waals surface area contributed by atoms with Gasteiger partial charge in [0.05, 0.1) is 13.2 Å². The number of pyridine rings is 1. The van der Waals surface area contributed by atoms with Crippen molar-refractivity contribution >= 4 is 29.9 Å². The van der Waals surface area contributed by atoms with Crippen molar-refractivity contribution in [1.29, 1.82) is 0 Å². The highest BCUT2D eigenvalue weighted by atomic mass is 127. The van der Waals surface area contributed by atoms with Gasteiger partial charge in [0.1, 0.15) is 12.4 Å². The molecule has 0 aliphatic carbocycles. The number of hydrogen-bond donors (Lipinski definition) is 2. The van der Waals surface area contributed by atoms with Crippen LogP contribution in [-0.4, -0.2) is 52.5 Å². The maximum absolute atomic E-state index is 5.51. The highest BCUT2D eigenvalue weighted by Crippen LogP contribution is 2.13. The predicted octanol–water partition coefficient (Wildman–Crippen LogP) is 1.91. The SMILES string of the molecule is CCCOc1ccc(CNC(=NC)NC2CCc3nc(COC)nn3C2)cn1.I. The molecule has 1 aliphatic rings. The van der Waals surface area contributed by atoms with E-state index in [4.69, 9.17) is 9.47 Å². The van der Waals surface area contributed by atoms with Crippen LogP contribution in [0.25, 0.3) is 0 Å². The molecule has 3 heterocycles. The molecule has 2 aromatic heterocycles. The zero-order chi connectivity index (χ0) is 19.8. The van der Waals surface area contributed by atoms with Gasteiger partial charge in [-0.25, -0.2) is 14.6 Å². The van der Waals surface area contributed by atoms with Crippen LogP contribution in [0.15, 0.2) is 23.3 Å². The zero-order valence-corrected chi connectivity index (χ0v) is 19.6. The van der Waals surface area contributed by atoms with Crippen LogP contribution >= 0.6 is 24.0 Å². The molecule has 3 rings (SSSR count). The molecule has 0 saturated carbocycles. The summed E-state index contributed by atoms with van der Waals surface area (Å²) in [5.74, 6) is 3.17. The quantitative estimate of drug-likeness (QED) is 0.315. The third-order valence-electron chi connectivity index (χ3n) is 4.45. The first-order chi connectivity index (χ1) is 13.7. The molecule has 1 aliphatic heterocycles. The topological polar surface area (TPSA) is 98.5 Å². The number of halogens is 1. The van der Waals surface area contributed by atoms with Crippen molar-refractivity contribution in [3.8, 4) is 5.88 Å². The van der Waals surface area contributed by atoms with Crippen LogP contribution in [0.4, 0.5) is 0 Å². The van der Waals surface area contributed by atoms with Gasteiger partial charge < -0.3 is 20.1 Å². The fraction of sp³-hybridized carbons (Fsp3) is 0.579. The lowest BCUT2D eigenvalue weighted by Gasteiger charge is -2.25. The number of aromatic nitrogens is 4. The summed E-state index contributed by atoms with van der Waals surface area (Å²) in [5, 5.41) is 11.3. The van der Waals surface area contributed by atoms with Gasteiger partial charge in [-0.05, 0) is 18.4 Å². The third kappa shape index (κ3) is 6.81. The first-order valence-electron chi connectivity index (χ1n) is 9.68.